The van der Waals surface area contributed by atoms with Gasteiger partial charge in [0.05, 0.1) is 6.10 Å². The highest BCUT2D eigenvalue weighted by atomic mass is 16.4. The second kappa shape index (κ2) is 16.4. The summed E-state index contributed by atoms with van der Waals surface area (Å²) in [5, 5.41) is 36.1. The fourth-order valence-electron chi connectivity index (χ4n) is 3.74. The molecule has 0 aliphatic carbocycles. The monoisotopic (exact) mass is 535 g/mol. The summed E-state index contributed by atoms with van der Waals surface area (Å²) in [6, 6.07) is 4.97. The fraction of sp³-hybridized carbons (Fsp3) is 0.593. The molecule has 1 aromatic carbocycles. The van der Waals surface area contributed by atoms with Crippen LogP contribution in [-0.2, 0) is 30.4 Å². The van der Waals surface area contributed by atoms with Crippen LogP contribution in [0.1, 0.15) is 65.4 Å². The van der Waals surface area contributed by atoms with Gasteiger partial charge in [-0.1, -0.05) is 51.1 Å². The molecule has 0 saturated heterocycles. The number of aliphatic hydroxyl groups excluding tert-OH is 1. The van der Waals surface area contributed by atoms with Crippen molar-refractivity contribution < 1.29 is 39.3 Å². The van der Waals surface area contributed by atoms with Crippen LogP contribution in [0.5, 0.6) is 0 Å². The molecule has 0 fully saturated rings. The minimum absolute atomic E-state index is 0.00508. The van der Waals surface area contributed by atoms with Crippen molar-refractivity contribution in [2.45, 2.75) is 90.4 Å². The molecule has 1 unspecified atom stereocenters. The Morgan fingerprint density at radius 3 is 1.92 bits per heavy atom. The number of nitrogens with one attached hydrogen (secondary N) is 3. The van der Waals surface area contributed by atoms with Crippen molar-refractivity contribution in [1.82, 2.24) is 16.0 Å². The van der Waals surface area contributed by atoms with Crippen molar-refractivity contribution in [3.63, 3.8) is 0 Å². The number of aliphatic carboxylic acids is 2. The van der Waals surface area contributed by atoms with Gasteiger partial charge < -0.3 is 31.3 Å². The summed E-state index contributed by atoms with van der Waals surface area (Å²) in [6.07, 6.45) is 0.244. The number of benzene rings is 1. The van der Waals surface area contributed by atoms with E-state index in [1.165, 1.54) is 6.92 Å². The van der Waals surface area contributed by atoms with E-state index in [4.69, 9.17) is 5.11 Å². The van der Waals surface area contributed by atoms with Gasteiger partial charge in [0.1, 0.15) is 18.1 Å². The summed E-state index contributed by atoms with van der Waals surface area (Å²) in [4.78, 5) is 61.0. The molecule has 0 saturated carbocycles. The van der Waals surface area contributed by atoms with Gasteiger partial charge in [-0.3, -0.25) is 19.2 Å². The van der Waals surface area contributed by atoms with E-state index >= 15 is 0 Å². The molecule has 1 aromatic rings. The van der Waals surface area contributed by atoms with Crippen LogP contribution in [0.3, 0.4) is 0 Å². The number of aliphatic hydroxyl groups is 1. The molecule has 1 rings (SSSR count). The van der Waals surface area contributed by atoms with Crippen molar-refractivity contribution in [3.05, 3.63) is 35.9 Å². The topological polar surface area (TPSA) is 182 Å². The van der Waals surface area contributed by atoms with E-state index in [9.17, 15) is 34.2 Å². The van der Waals surface area contributed by atoms with E-state index in [1.807, 2.05) is 13.8 Å². The number of carboxylic acid groups (broad SMARTS) is 2. The number of amides is 3. The van der Waals surface area contributed by atoms with Crippen molar-refractivity contribution in [3.8, 4) is 0 Å². The first-order valence-electron chi connectivity index (χ1n) is 12.9. The van der Waals surface area contributed by atoms with Gasteiger partial charge in [-0.25, -0.2) is 4.79 Å². The van der Waals surface area contributed by atoms with Gasteiger partial charge in [-0.15, -0.1) is 0 Å². The molecule has 11 nitrogen and oxygen atoms in total. The van der Waals surface area contributed by atoms with E-state index in [2.05, 4.69) is 16.0 Å². The number of carbonyl (C=O) groups is 5. The lowest BCUT2D eigenvalue weighted by molar-refractivity contribution is -0.143. The summed E-state index contributed by atoms with van der Waals surface area (Å²) in [5.41, 5.74) is 0.672. The maximum atomic E-state index is 12.9. The normalized spacial score (nSPS) is 15.0. The van der Waals surface area contributed by atoms with Crippen molar-refractivity contribution >= 4 is 29.7 Å². The molecule has 3 amide bonds. The molecule has 38 heavy (non-hydrogen) atoms. The molecular weight excluding hydrogens is 494 g/mol. The summed E-state index contributed by atoms with van der Waals surface area (Å²) in [6.45, 7) is 7.13. The highest BCUT2D eigenvalue weighted by Crippen LogP contribution is 2.14. The van der Waals surface area contributed by atoms with Crippen molar-refractivity contribution in [2.24, 2.45) is 11.8 Å². The van der Waals surface area contributed by atoms with E-state index in [0.29, 0.717) is 17.9 Å². The van der Waals surface area contributed by atoms with Crippen LogP contribution in [0, 0.1) is 11.8 Å². The lowest BCUT2D eigenvalue weighted by Gasteiger charge is -2.24. The Balaban J connectivity index is 2.79. The van der Waals surface area contributed by atoms with Gasteiger partial charge in [-0.2, -0.15) is 0 Å². The number of rotatable bonds is 17. The Labute approximate surface area is 223 Å². The molecule has 0 aliphatic rings. The van der Waals surface area contributed by atoms with Gasteiger partial charge in [-0.05, 0) is 44.1 Å². The molecular formula is C27H41N3O8. The SMILES string of the molecule is CC(C)CC[C@H](O)C[C@@H](C)C(=O)N[C@@H](C)C(=O)NC(CCC(=O)O)C(=O)N[C@@H](Cc1ccccc1)C(=O)O. The molecule has 0 heterocycles. The van der Waals surface area contributed by atoms with Crippen LogP contribution in [0.2, 0.25) is 0 Å². The molecule has 11 heteroatoms. The lowest BCUT2D eigenvalue weighted by atomic mass is 9.96. The Morgan fingerprint density at radius 2 is 1.37 bits per heavy atom. The first kappa shape index (κ1) is 32.6. The number of carboxylic acids is 2. The highest BCUT2D eigenvalue weighted by molar-refractivity contribution is 5.93. The number of carbonyl (C=O) groups excluding carboxylic acids is 3. The maximum absolute atomic E-state index is 12.9. The zero-order valence-electron chi connectivity index (χ0n) is 22.5. The van der Waals surface area contributed by atoms with Crippen LogP contribution in [0.4, 0.5) is 0 Å². The Kier molecular flexibility index (Phi) is 14.0. The lowest BCUT2D eigenvalue weighted by Crippen LogP contribution is -2.55. The molecule has 212 valence electrons. The van der Waals surface area contributed by atoms with Gasteiger partial charge in [0.25, 0.3) is 0 Å². The third-order valence-corrected chi connectivity index (χ3v) is 6.08. The molecule has 0 aliphatic heterocycles. The molecule has 0 aromatic heterocycles. The van der Waals surface area contributed by atoms with Crippen LogP contribution in [0.25, 0.3) is 0 Å². The second-order valence-electron chi connectivity index (χ2n) is 10.1. The number of hydrogen-bond acceptors (Lipinski definition) is 6. The minimum atomic E-state index is -1.33. The Morgan fingerprint density at radius 1 is 0.763 bits per heavy atom. The minimum Gasteiger partial charge on any atom is -0.481 e. The zero-order chi connectivity index (χ0) is 28.8. The van der Waals surface area contributed by atoms with Crippen LogP contribution >= 0.6 is 0 Å². The third-order valence-electron chi connectivity index (χ3n) is 6.08. The molecule has 0 bridgehead atoms. The third kappa shape index (κ3) is 12.7. The van der Waals surface area contributed by atoms with E-state index in [-0.39, 0.29) is 19.3 Å². The molecule has 0 spiro atoms. The highest BCUT2D eigenvalue weighted by Gasteiger charge is 2.29. The predicted molar refractivity (Wildman–Crippen MR) is 140 cm³/mol. The number of hydrogen-bond donors (Lipinski definition) is 6. The van der Waals surface area contributed by atoms with Crippen LogP contribution in [-0.4, -0.2) is 69.2 Å². The standard InChI is InChI=1S/C27H41N3O8/c1-16(2)10-11-20(31)14-17(3)24(34)28-18(4)25(35)29-21(12-13-23(32)33)26(36)30-22(27(37)38)15-19-8-6-5-7-9-19/h5-9,16-18,20-22,31H,10-15H2,1-4H3,(H,28,34)(H,29,35)(H,30,36)(H,32,33)(H,37,38)/t17-,18+,20+,21?,22+/m1/s1. The molecule has 6 N–H and O–H groups in total. The van der Waals surface area contributed by atoms with Gasteiger partial charge in [0.15, 0.2) is 0 Å². The summed E-state index contributed by atoms with van der Waals surface area (Å²) in [5.74, 6) is -4.63. The van der Waals surface area contributed by atoms with Gasteiger partial charge >= 0.3 is 11.9 Å². The molecule has 0 radical (unpaired) electrons. The fourth-order valence-corrected chi connectivity index (χ4v) is 3.74. The average Bonchev–Trinajstić information content (AvgIpc) is 2.84. The van der Waals surface area contributed by atoms with Gasteiger partial charge in [0.2, 0.25) is 17.7 Å². The molecule has 5 atom stereocenters. The van der Waals surface area contributed by atoms with E-state index in [1.54, 1.807) is 37.3 Å². The maximum Gasteiger partial charge on any atom is 0.326 e. The quantitative estimate of drug-likeness (QED) is 0.173. The zero-order valence-corrected chi connectivity index (χ0v) is 22.5. The summed E-state index contributed by atoms with van der Waals surface area (Å²) >= 11 is 0. The van der Waals surface area contributed by atoms with Crippen molar-refractivity contribution in [1.29, 1.82) is 0 Å². The van der Waals surface area contributed by atoms with E-state index in [0.717, 1.165) is 6.42 Å². The van der Waals surface area contributed by atoms with Gasteiger partial charge in [0, 0.05) is 18.8 Å². The Bertz CT molecular complexity index is 938. The summed E-state index contributed by atoms with van der Waals surface area (Å²) < 4.78 is 0. The first-order valence-corrected chi connectivity index (χ1v) is 12.9. The largest absolute Gasteiger partial charge is 0.481 e. The van der Waals surface area contributed by atoms with Crippen LogP contribution in [0.15, 0.2) is 30.3 Å². The van der Waals surface area contributed by atoms with E-state index < -0.39 is 66.2 Å². The van der Waals surface area contributed by atoms with Crippen molar-refractivity contribution in [2.75, 3.05) is 0 Å². The summed E-state index contributed by atoms with van der Waals surface area (Å²) in [7, 11) is 0. The predicted octanol–water partition coefficient (Wildman–Crippen LogP) is 1.48. The van der Waals surface area contributed by atoms with Crippen LogP contribution < -0.4 is 16.0 Å². The Hall–Kier alpha value is -3.47. The average molecular weight is 536 g/mol. The first-order chi connectivity index (χ1) is 17.8. The second-order valence-corrected chi connectivity index (χ2v) is 10.1. The smallest absolute Gasteiger partial charge is 0.326 e.